The van der Waals surface area contributed by atoms with E-state index in [9.17, 15) is 9.59 Å². The van der Waals surface area contributed by atoms with Gasteiger partial charge >= 0.3 is 6.09 Å². The molecule has 0 aromatic heterocycles. The van der Waals surface area contributed by atoms with Gasteiger partial charge in [-0.1, -0.05) is 36.5 Å². The van der Waals surface area contributed by atoms with Crippen molar-refractivity contribution >= 4 is 47.0 Å². The zero-order valence-corrected chi connectivity index (χ0v) is 17.5. The maximum Gasteiger partial charge on any atom is 0.414 e. The van der Waals surface area contributed by atoms with Crippen molar-refractivity contribution in [3.8, 4) is 0 Å². The highest BCUT2D eigenvalue weighted by molar-refractivity contribution is 6.42. The first kappa shape index (κ1) is 22.1. The van der Waals surface area contributed by atoms with Crippen LogP contribution in [0.25, 0.3) is 0 Å². The lowest BCUT2D eigenvalue weighted by atomic mass is 10.1. The molecular weight excluding hydrogens is 399 g/mol. The van der Waals surface area contributed by atoms with Crippen molar-refractivity contribution in [3.63, 3.8) is 0 Å². The SMILES string of the molecule is CCCCN(C(=O)OCCNc1ccc(C=O)c(C)c1)c1ccc(Cl)c(Cl)c1. The van der Waals surface area contributed by atoms with Crippen molar-refractivity contribution in [2.45, 2.75) is 26.7 Å². The topological polar surface area (TPSA) is 58.6 Å². The van der Waals surface area contributed by atoms with Crippen LogP contribution in [-0.2, 0) is 4.74 Å². The Kier molecular flexibility index (Phi) is 8.61. The zero-order chi connectivity index (χ0) is 20.5. The highest BCUT2D eigenvalue weighted by Crippen LogP contribution is 2.28. The van der Waals surface area contributed by atoms with Gasteiger partial charge in [0.15, 0.2) is 0 Å². The van der Waals surface area contributed by atoms with Crippen molar-refractivity contribution in [2.24, 2.45) is 0 Å². The largest absolute Gasteiger partial charge is 0.447 e. The molecule has 0 heterocycles. The molecule has 1 amide bonds. The van der Waals surface area contributed by atoms with Crippen molar-refractivity contribution < 1.29 is 14.3 Å². The molecule has 0 unspecified atom stereocenters. The molecule has 28 heavy (non-hydrogen) atoms. The van der Waals surface area contributed by atoms with Gasteiger partial charge in [0.1, 0.15) is 12.9 Å². The molecule has 0 fully saturated rings. The summed E-state index contributed by atoms with van der Waals surface area (Å²) in [6.07, 6.45) is 2.19. The molecule has 0 radical (unpaired) electrons. The smallest absolute Gasteiger partial charge is 0.414 e. The van der Waals surface area contributed by atoms with Crippen LogP contribution in [0, 0.1) is 6.92 Å². The molecular formula is C21H24Cl2N2O3. The quantitative estimate of drug-likeness (QED) is 0.399. The number of anilines is 2. The molecule has 0 saturated heterocycles. The van der Waals surface area contributed by atoms with Gasteiger partial charge in [0.2, 0.25) is 0 Å². The van der Waals surface area contributed by atoms with E-state index in [2.05, 4.69) is 12.2 Å². The summed E-state index contributed by atoms with van der Waals surface area (Å²) < 4.78 is 5.41. The predicted molar refractivity (Wildman–Crippen MR) is 115 cm³/mol. The Balaban J connectivity index is 1.93. The van der Waals surface area contributed by atoms with Gasteiger partial charge < -0.3 is 10.1 Å². The average molecular weight is 423 g/mol. The van der Waals surface area contributed by atoms with E-state index in [4.69, 9.17) is 27.9 Å². The number of halogens is 2. The van der Waals surface area contributed by atoms with Gasteiger partial charge in [-0.25, -0.2) is 4.79 Å². The van der Waals surface area contributed by atoms with Crippen LogP contribution in [0.2, 0.25) is 10.0 Å². The second kappa shape index (κ2) is 10.9. The number of amides is 1. The van der Waals surface area contributed by atoms with E-state index in [1.807, 2.05) is 19.1 Å². The van der Waals surface area contributed by atoms with Crippen LogP contribution in [0.1, 0.15) is 35.7 Å². The number of carbonyl (C=O) groups excluding carboxylic acids is 2. The summed E-state index contributed by atoms with van der Waals surface area (Å²) in [5.74, 6) is 0. The Morgan fingerprint density at radius 2 is 1.96 bits per heavy atom. The molecule has 0 saturated carbocycles. The standard InChI is InChI=1S/C21H24Cl2N2O3/c1-3-4-10-25(18-7-8-19(22)20(23)13-18)21(27)28-11-9-24-17-6-5-16(14-26)15(2)12-17/h5-8,12-14,24H,3-4,9-11H2,1-2H3. The van der Waals surface area contributed by atoms with Crippen LogP contribution in [0.5, 0.6) is 0 Å². The van der Waals surface area contributed by atoms with Crippen molar-refractivity contribution in [1.29, 1.82) is 0 Å². The summed E-state index contributed by atoms with van der Waals surface area (Å²) in [5, 5.41) is 4.01. The number of hydrogen-bond donors (Lipinski definition) is 1. The van der Waals surface area contributed by atoms with Crippen LogP contribution in [-0.4, -0.2) is 32.1 Å². The maximum absolute atomic E-state index is 12.6. The van der Waals surface area contributed by atoms with Gasteiger partial charge in [0.25, 0.3) is 0 Å². The number of benzene rings is 2. The molecule has 2 rings (SSSR count). The lowest BCUT2D eigenvalue weighted by Crippen LogP contribution is -2.33. The van der Waals surface area contributed by atoms with E-state index >= 15 is 0 Å². The third-order valence-electron chi connectivity index (χ3n) is 4.22. The number of nitrogens with one attached hydrogen (secondary N) is 1. The number of aldehydes is 1. The predicted octanol–water partition coefficient (Wildman–Crippen LogP) is 5.97. The third-order valence-corrected chi connectivity index (χ3v) is 4.96. The number of aryl methyl sites for hydroxylation is 1. The second-order valence-electron chi connectivity index (χ2n) is 6.33. The Labute approximate surface area is 175 Å². The minimum atomic E-state index is -0.430. The normalized spacial score (nSPS) is 10.4. The van der Waals surface area contributed by atoms with Crippen molar-refractivity contribution in [3.05, 3.63) is 57.6 Å². The first-order chi connectivity index (χ1) is 13.5. The molecule has 0 aliphatic rings. The van der Waals surface area contributed by atoms with E-state index in [1.54, 1.807) is 29.2 Å². The van der Waals surface area contributed by atoms with E-state index in [0.29, 0.717) is 34.4 Å². The van der Waals surface area contributed by atoms with Crippen LogP contribution in [0.4, 0.5) is 16.2 Å². The highest BCUT2D eigenvalue weighted by Gasteiger charge is 2.17. The Morgan fingerprint density at radius 1 is 1.18 bits per heavy atom. The number of rotatable bonds is 9. The first-order valence-electron chi connectivity index (χ1n) is 9.15. The van der Waals surface area contributed by atoms with E-state index in [-0.39, 0.29) is 6.61 Å². The van der Waals surface area contributed by atoms with Crippen molar-refractivity contribution in [2.75, 3.05) is 29.9 Å². The molecule has 5 nitrogen and oxygen atoms in total. The lowest BCUT2D eigenvalue weighted by Gasteiger charge is -2.22. The minimum Gasteiger partial charge on any atom is -0.447 e. The Morgan fingerprint density at radius 3 is 2.61 bits per heavy atom. The number of hydrogen-bond acceptors (Lipinski definition) is 4. The fourth-order valence-corrected chi connectivity index (χ4v) is 2.92. The summed E-state index contributed by atoms with van der Waals surface area (Å²) in [5.41, 5.74) is 3.07. The lowest BCUT2D eigenvalue weighted by molar-refractivity contribution is 0.112. The fourth-order valence-electron chi connectivity index (χ4n) is 2.62. The summed E-state index contributed by atoms with van der Waals surface area (Å²) in [7, 11) is 0. The minimum absolute atomic E-state index is 0.206. The fraction of sp³-hybridized carbons (Fsp3) is 0.333. The molecule has 0 aliphatic heterocycles. The molecule has 0 aliphatic carbocycles. The third kappa shape index (κ3) is 6.14. The summed E-state index contributed by atoms with van der Waals surface area (Å²) >= 11 is 12.0. The van der Waals surface area contributed by atoms with E-state index < -0.39 is 6.09 Å². The van der Waals surface area contributed by atoms with E-state index in [0.717, 1.165) is 30.4 Å². The zero-order valence-electron chi connectivity index (χ0n) is 16.0. The molecule has 0 bridgehead atoms. The summed E-state index contributed by atoms with van der Waals surface area (Å²) in [6.45, 7) is 5.12. The van der Waals surface area contributed by atoms with Crippen LogP contribution in [0.15, 0.2) is 36.4 Å². The van der Waals surface area contributed by atoms with Gasteiger partial charge in [-0.2, -0.15) is 0 Å². The number of nitrogens with zero attached hydrogens (tertiary/aromatic N) is 1. The molecule has 7 heteroatoms. The monoisotopic (exact) mass is 422 g/mol. The van der Waals surface area contributed by atoms with Crippen LogP contribution in [0.3, 0.4) is 0 Å². The highest BCUT2D eigenvalue weighted by atomic mass is 35.5. The number of carbonyl (C=O) groups is 2. The molecule has 150 valence electrons. The molecule has 1 N–H and O–H groups in total. The number of ether oxygens (including phenoxy) is 1. The summed E-state index contributed by atoms with van der Waals surface area (Å²) in [6, 6.07) is 10.5. The van der Waals surface area contributed by atoms with Crippen LogP contribution >= 0.6 is 23.2 Å². The first-order valence-corrected chi connectivity index (χ1v) is 9.91. The molecule has 0 atom stereocenters. The van der Waals surface area contributed by atoms with Crippen molar-refractivity contribution in [1.82, 2.24) is 0 Å². The Bertz CT molecular complexity index is 827. The second-order valence-corrected chi connectivity index (χ2v) is 7.15. The van der Waals surface area contributed by atoms with Gasteiger partial charge in [-0.3, -0.25) is 9.69 Å². The average Bonchev–Trinajstić information content (AvgIpc) is 2.68. The van der Waals surface area contributed by atoms with Gasteiger partial charge in [0.05, 0.1) is 10.0 Å². The number of unbranched alkanes of at least 4 members (excludes halogenated alkanes) is 1. The van der Waals surface area contributed by atoms with Gasteiger partial charge in [-0.05, 0) is 55.3 Å². The Hall–Kier alpha value is -2.24. The van der Waals surface area contributed by atoms with E-state index in [1.165, 1.54) is 0 Å². The molecule has 2 aromatic rings. The molecule has 2 aromatic carbocycles. The van der Waals surface area contributed by atoms with Crippen LogP contribution < -0.4 is 10.2 Å². The van der Waals surface area contributed by atoms with Gasteiger partial charge in [-0.15, -0.1) is 0 Å². The summed E-state index contributed by atoms with van der Waals surface area (Å²) in [4.78, 5) is 25.0. The molecule has 0 spiro atoms. The maximum atomic E-state index is 12.6. The van der Waals surface area contributed by atoms with Gasteiger partial charge in [0, 0.05) is 30.0 Å².